The van der Waals surface area contributed by atoms with Gasteiger partial charge in [-0.25, -0.2) is 4.79 Å². The van der Waals surface area contributed by atoms with Gasteiger partial charge >= 0.3 is 11.9 Å². The van der Waals surface area contributed by atoms with Gasteiger partial charge in [0.2, 0.25) is 5.91 Å². The third-order valence-corrected chi connectivity index (χ3v) is 3.02. The van der Waals surface area contributed by atoms with Crippen molar-refractivity contribution in [3.63, 3.8) is 0 Å². The summed E-state index contributed by atoms with van der Waals surface area (Å²) in [6.07, 6.45) is 1.87. The Balaban J connectivity index is 2.56. The van der Waals surface area contributed by atoms with E-state index >= 15 is 0 Å². The summed E-state index contributed by atoms with van der Waals surface area (Å²) in [7, 11) is 0. The maximum atomic E-state index is 11.7. The summed E-state index contributed by atoms with van der Waals surface area (Å²) in [6.45, 7) is 3.87. The van der Waals surface area contributed by atoms with E-state index in [9.17, 15) is 14.4 Å². The van der Waals surface area contributed by atoms with Crippen molar-refractivity contribution >= 4 is 17.8 Å². The largest absolute Gasteiger partial charge is 0.481 e. The molecular weight excluding hydrogens is 238 g/mol. The Kier molecular flexibility index (Phi) is 4.11. The summed E-state index contributed by atoms with van der Waals surface area (Å²) in [5.41, 5.74) is -0.321. The molecule has 6 nitrogen and oxygen atoms in total. The molecule has 6 heteroatoms. The lowest BCUT2D eigenvalue weighted by atomic mass is 10.1. The highest BCUT2D eigenvalue weighted by Gasteiger charge is 2.50. The SMILES string of the molecule is CC1(C)CC1C(=O)N/C(=C\CCC(=O)O)C(=O)O. The van der Waals surface area contributed by atoms with Crippen LogP contribution < -0.4 is 5.32 Å². The Labute approximate surface area is 105 Å². The van der Waals surface area contributed by atoms with Gasteiger partial charge in [0.25, 0.3) is 0 Å². The first-order valence-corrected chi connectivity index (χ1v) is 5.70. The molecule has 1 atom stereocenters. The second-order valence-electron chi connectivity index (χ2n) is 5.09. The molecule has 0 spiro atoms. The molecule has 0 radical (unpaired) electrons. The van der Waals surface area contributed by atoms with Crippen LogP contribution in [0.15, 0.2) is 11.8 Å². The van der Waals surface area contributed by atoms with Crippen LogP contribution in [0.25, 0.3) is 0 Å². The van der Waals surface area contributed by atoms with Crippen molar-refractivity contribution in [1.82, 2.24) is 5.32 Å². The zero-order valence-electron chi connectivity index (χ0n) is 10.4. The van der Waals surface area contributed by atoms with Crippen LogP contribution in [-0.2, 0) is 14.4 Å². The van der Waals surface area contributed by atoms with Crippen molar-refractivity contribution < 1.29 is 24.6 Å². The smallest absolute Gasteiger partial charge is 0.352 e. The van der Waals surface area contributed by atoms with Crippen molar-refractivity contribution in [2.75, 3.05) is 0 Å². The van der Waals surface area contributed by atoms with E-state index in [-0.39, 0.29) is 35.8 Å². The minimum atomic E-state index is -1.26. The second kappa shape index (κ2) is 5.20. The molecule has 1 fully saturated rings. The van der Waals surface area contributed by atoms with Gasteiger partial charge in [-0.2, -0.15) is 0 Å². The van der Waals surface area contributed by atoms with E-state index in [1.54, 1.807) is 0 Å². The summed E-state index contributed by atoms with van der Waals surface area (Å²) in [6, 6.07) is 0. The van der Waals surface area contributed by atoms with E-state index in [2.05, 4.69) is 5.32 Å². The Morgan fingerprint density at radius 3 is 2.28 bits per heavy atom. The number of carboxylic acid groups (broad SMARTS) is 2. The Bertz CT molecular complexity index is 411. The monoisotopic (exact) mass is 255 g/mol. The van der Waals surface area contributed by atoms with Gasteiger partial charge in [0.1, 0.15) is 5.70 Å². The van der Waals surface area contributed by atoms with Crippen LogP contribution >= 0.6 is 0 Å². The zero-order chi connectivity index (χ0) is 13.9. The summed E-state index contributed by atoms with van der Waals surface area (Å²) in [5.74, 6) is -2.75. The molecule has 1 aliphatic carbocycles. The fourth-order valence-corrected chi connectivity index (χ4v) is 1.67. The first-order valence-electron chi connectivity index (χ1n) is 5.70. The Morgan fingerprint density at radius 1 is 1.33 bits per heavy atom. The molecular formula is C12H17NO5. The predicted octanol–water partition coefficient (Wildman–Crippen LogP) is 0.982. The minimum Gasteiger partial charge on any atom is -0.481 e. The van der Waals surface area contributed by atoms with Gasteiger partial charge in [0.15, 0.2) is 0 Å². The highest BCUT2D eigenvalue weighted by atomic mass is 16.4. The number of amides is 1. The molecule has 3 N–H and O–H groups in total. The minimum absolute atomic E-state index is 0.0746. The third-order valence-electron chi connectivity index (χ3n) is 3.02. The maximum Gasteiger partial charge on any atom is 0.352 e. The van der Waals surface area contributed by atoms with Crippen molar-refractivity contribution in [3.05, 3.63) is 11.8 Å². The van der Waals surface area contributed by atoms with E-state index in [1.165, 1.54) is 6.08 Å². The number of hydrogen-bond donors (Lipinski definition) is 3. The Hall–Kier alpha value is -1.85. The standard InChI is InChI=1S/C12H17NO5/c1-12(2)6-7(12)10(16)13-8(11(17)18)4-3-5-9(14)15/h4,7H,3,5-6H2,1-2H3,(H,13,16)(H,14,15)(H,17,18)/b8-4-. The summed E-state index contributed by atoms with van der Waals surface area (Å²) in [4.78, 5) is 32.9. The van der Waals surface area contributed by atoms with Gasteiger partial charge < -0.3 is 15.5 Å². The van der Waals surface area contributed by atoms with E-state index in [4.69, 9.17) is 10.2 Å². The average molecular weight is 255 g/mol. The first-order chi connectivity index (χ1) is 8.24. The molecule has 0 bridgehead atoms. The topological polar surface area (TPSA) is 104 Å². The summed E-state index contributed by atoms with van der Waals surface area (Å²) >= 11 is 0. The highest BCUT2D eigenvalue weighted by Crippen LogP contribution is 2.51. The molecule has 0 aromatic carbocycles. The number of nitrogens with one attached hydrogen (secondary N) is 1. The van der Waals surface area contributed by atoms with Gasteiger partial charge in [-0.05, 0) is 18.3 Å². The number of rotatable bonds is 6. The second-order valence-corrected chi connectivity index (χ2v) is 5.09. The molecule has 1 aliphatic rings. The van der Waals surface area contributed by atoms with Crippen molar-refractivity contribution in [2.24, 2.45) is 11.3 Å². The van der Waals surface area contributed by atoms with Crippen LogP contribution in [-0.4, -0.2) is 28.1 Å². The van der Waals surface area contributed by atoms with Crippen LogP contribution in [0, 0.1) is 11.3 Å². The maximum absolute atomic E-state index is 11.7. The van der Waals surface area contributed by atoms with Crippen LogP contribution in [0.1, 0.15) is 33.1 Å². The van der Waals surface area contributed by atoms with Crippen molar-refractivity contribution in [2.45, 2.75) is 33.1 Å². The van der Waals surface area contributed by atoms with Crippen LogP contribution in [0.4, 0.5) is 0 Å². The van der Waals surface area contributed by atoms with Gasteiger partial charge in [-0.15, -0.1) is 0 Å². The van der Waals surface area contributed by atoms with E-state index in [0.717, 1.165) is 6.42 Å². The molecule has 1 rings (SSSR count). The number of allylic oxidation sites excluding steroid dienone is 1. The number of carboxylic acids is 2. The number of hydrogen-bond acceptors (Lipinski definition) is 3. The quantitative estimate of drug-likeness (QED) is 0.614. The van der Waals surface area contributed by atoms with Gasteiger partial charge in [0, 0.05) is 12.3 Å². The van der Waals surface area contributed by atoms with Crippen molar-refractivity contribution in [3.8, 4) is 0 Å². The van der Waals surface area contributed by atoms with Gasteiger partial charge in [-0.3, -0.25) is 9.59 Å². The van der Waals surface area contributed by atoms with Crippen molar-refractivity contribution in [1.29, 1.82) is 0 Å². The highest BCUT2D eigenvalue weighted by molar-refractivity contribution is 5.94. The lowest BCUT2D eigenvalue weighted by Gasteiger charge is -2.07. The fraction of sp³-hybridized carbons (Fsp3) is 0.583. The first kappa shape index (κ1) is 14.2. The predicted molar refractivity (Wildman–Crippen MR) is 62.6 cm³/mol. The van der Waals surface area contributed by atoms with Crippen LogP contribution in [0.5, 0.6) is 0 Å². The van der Waals surface area contributed by atoms with Crippen LogP contribution in [0.3, 0.4) is 0 Å². The summed E-state index contributed by atoms with van der Waals surface area (Å²) in [5, 5.41) is 19.7. The van der Waals surface area contributed by atoms with Gasteiger partial charge in [-0.1, -0.05) is 19.9 Å². The molecule has 1 unspecified atom stereocenters. The normalized spacial score (nSPS) is 21.2. The number of carbonyl (C=O) groups is 3. The van der Waals surface area contributed by atoms with E-state index in [0.29, 0.717) is 0 Å². The lowest BCUT2D eigenvalue weighted by Crippen LogP contribution is -2.29. The van der Waals surface area contributed by atoms with Crippen LogP contribution in [0.2, 0.25) is 0 Å². The molecule has 0 saturated heterocycles. The van der Waals surface area contributed by atoms with E-state index < -0.39 is 11.9 Å². The number of aliphatic carboxylic acids is 2. The molecule has 18 heavy (non-hydrogen) atoms. The molecule has 0 aromatic rings. The fourth-order valence-electron chi connectivity index (χ4n) is 1.67. The number of carbonyl (C=O) groups excluding carboxylic acids is 1. The molecule has 100 valence electrons. The molecule has 0 aliphatic heterocycles. The molecule has 1 saturated carbocycles. The molecule has 1 amide bonds. The van der Waals surface area contributed by atoms with E-state index in [1.807, 2.05) is 13.8 Å². The third kappa shape index (κ3) is 3.87. The molecule has 0 aromatic heterocycles. The molecule has 0 heterocycles. The lowest BCUT2D eigenvalue weighted by molar-refractivity contribution is -0.137. The van der Waals surface area contributed by atoms with Gasteiger partial charge in [0.05, 0.1) is 0 Å². The Morgan fingerprint density at radius 2 is 1.89 bits per heavy atom. The summed E-state index contributed by atoms with van der Waals surface area (Å²) < 4.78 is 0. The zero-order valence-corrected chi connectivity index (χ0v) is 10.4. The average Bonchev–Trinajstić information content (AvgIpc) is 2.85.